The maximum atomic E-state index is 8.12. The van der Waals surface area contributed by atoms with Crippen LogP contribution in [0.2, 0.25) is 0 Å². The summed E-state index contributed by atoms with van der Waals surface area (Å²) in [6.07, 6.45) is 0. The van der Waals surface area contributed by atoms with Crippen molar-refractivity contribution in [2.45, 2.75) is 0 Å². The van der Waals surface area contributed by atoms with Crippen molar-refractivity contribution in [2.75, 3.05) is 0 Å². The molecule has 1 N–H and O–H groups in total. The molecule has 5 heteroatoms. The first kappa shape index (κ1) is 17.6. The molecule has 0 saturated heterocycles. The van der Waals surface area contributed by atoms with Crippen LogP contribution in [0.4, 0.5) is 0 Å². The second kappa shape index (κ2) is 23.6. The minimum Gasteiger partial charge on any atom is -1.00 e. The molecular weight excluding hydrogens is 173 g/mol. The first-order valence-corrected chi connectivity index (χ1v) is 0.408. The van der Waals surface area contributed by atoms with E-state index in [1.54, 1.807) is 0 Å². The van der Waals surface area contributed by atoms with Gasteiger partial charge in [-0.15, -0.1) is 0 Å². The van der Waals surface area contributed by atoms with Crippen LogP contribution >= 0.6 is 0 Å². The number of hydrogen-bond acceptors (Lipinski definition) is 2. The summed E-state index contributed by atoms with van der Waals surface area (Å²) in [6.45, 7) is 0. The second-order valence-electron chi connectivity index (χ2n) is 0.0833. The average Bonchev–Trinajstić information content (AvgIpc) is 0.918. The minimum absolute atomic E-state index is 0. The van der Waals surface area contributed by atoms with Gasteiger partial charge in [0.1, 0.15) is 0 Å². The molecule has 26 valence electrons. The zero-order valence-electron chi connectivity index (χ0n) is 2.19. The molecule has 5 heavy (non-hydrogen) atoms. The molecule has 0 aromatic rings. The molecule has 0 aliphatic carbocycles. The molecule has 0 aliphatic rings. The van der Waals surface area contributed by atoms with E-state index in [9.17, 15) is 0 Å². The van der Waals surface area contributed by atoms with Crippen LogP contribution in [0.5, 0.6) is 0 Å². The van der Waals surface area contributed by atoms with Gasteiger partial charge in [0, 0.05) is 5.34 Å². The van der Waals surface area contributed by atoms with Gasteiger partial charge in [0.05, 0.1) is 0 Å². The smallest absolute Gasteiger partial charge is 1.00 e. The molecule has 0 aromatic carbocycles. The van der Waals surface area contributed by atoms with Gasteiger partial charge in [0.25, 0.3) is 0 Å². The van der Waals surface area contributed by atoms with Crippen LogP contribution < -0.4 is 17.7 Å². The molecule has 0 fully saturated rings. The summed E-state index contributed by atoms with van der Waals surface area (Å²) < 4.78 is 0. The van der Waals surface area contributed by atoms with Crippen LogP contribution in [0.3, 0.4) is 0 Å². The second-order valence-corrected chi connectivity index (χ2v) is 0.0833. The quantitative estimate of drug-likeness (QED) is 0.296. The third kappa shape index (κ3) is 92.2. The van der Waals surface area contributed by atoms with E-state index in [-0.39, 0.29) is 44.0 Å². The average molecular weight is 174 g/mol. The maximum Gasteiger partial charge on any atom is 4.00 e. The van der Waals surface area contributed by atoms with Gasteiger partial charge in [0.2, 0.25) is 0 Å². The molecule has 0 rings (SSSR count). The topological polar surface area (TPSA) is 54.1 Å². The molecular formula is HClNO2Zr+3. The number of nitrogens with one attached hydrogen (secondary N) is 1. The molecule has 0 heterocycles. The monoisotopic (exact) mass is 172 g/mol. The van der Waals surface area contributed by atoms with E-state index >= 15 is 0 Å². The molecule has 3 nitrogen and oxygen atoms in total. The Morgan fingerprint density at radius 1 is 1.60 bits per heavy atom. The molecule has 0 amide bonds. The Bertz CT molecular complexity index is 17.1. The van der Waals surface area contributed by atoms with Crippen molar-refractivity contribution in [1.82, 2.24) is 0 Å². The summed E-state index contributed by atoms with van der Waals surface area (Å²) in [5, 5.41) is 8.38. The van der Waals surface area contributed by atoms with E-state index in [1.807, 2.05) is 0 Å². The number of rotatable bonds is 0. The van der Waals surface area contributed by atoms with Crippen molar-refractivity contribution in [3.05, 3.63) is 10.1 Å². The van der Waals surface area contributed by atoms with Crippen molar-refractivity contribution in [1.29, 1.82) is 0 Å². The Morgan fingerprint density at radius 3 is 1.60 bits per heavy atom. The van der Waals surface area contributed by atoms with Crippen molar-refractivity contribution in [3.63, 3.8) is 0 Å². The zero-order valence-corrected chi connectivity index (χ0v) is 5.41. The first-order chi connectivity index (χ1) is 1.41. The fourth-order valence-corrected chi connectivity index (χ4v) is 0. The Balaban J connectivity index is -0.0000000200. The summed E-state index contributed by atoms with van der Waals surface area (Å²) in [6, 6.07) is 0. The van der Waals surface area contributed by atoms with Gasteiger partial charge in [-0.1, -0.05) is 0 Å². The fraction of sp³-hybridized carbons (Fsp3) is 0. The van der Waals surface area contributed by atoms with Gasteiger partial charge in [0.15, 0.2) is 0 Å². The van der Waals surface area contributed by atoms with E-state index < -0.39 is 0 Å². The third-order valence-electron chi connectivity index (χ3n) is 0. The number of halogens is 1. The third-order valence-corrected chi connectivity index (χ3v) is 0. The van der Waals surface area contributed by atoms with Crippen molar-refractivity contribution < 1.29 is 44.0 Å². The summed E-state index contributed by atoms with van der Waals surface area (Å²) >= 11 is 0. The van der Waals surface area contributed by atoms with Crippen molar-refractivity contribution in [3.8, 4) is 0 Å². The first-order valence-electron chi connectivity index (χ1n) is 0.408. The van der Waals surface area contributed by atoms with Crippen LogP contribution in [0.15, 0.2) is 0 Å². The predicted octanol–water partition coefficient (Wildman–Crippen LogP) is -4.67. The fourth-order valence-electron chi connectivity index (χ4n) is 0. The summed E-state index contributed by atoms with van der Waals surface area (Å²) in [4.78, 5) is 8.12. The molecule has 0 bridgehead atoms. The van der Waals surface area contributed by atoms with E-state index in [1.165, 1.54) is 0 Å². The Kier molecular flexibility index (Phi) is 83.1. The minimum atomic E-state index is 0. The van der Waals surface area contributed by atoms with Crippen LogP contribution in [0.25, 0.3) is 0 Å². The van der Waals surface area contributed by atoms with Crippen molar-refractivity contribution in [2.24, 2.45) is 0 Å². The molecule has 0 atom stereocenters. The van der Waals surface area contributed by atoms with Gasteiger partial charge in [-0.2, -0.15) is 0 Å². The van der Waals surface area contributed by atoms with Crippen LogP contribution in [0, 0.1) is 10.1 Å². The normalized spacial score (nSPS) is 2.40. The van der Waals surface area contributed by atoms with E-state index in [0.717, 1.165) is 0 Å². The Morgan fingerprint density at radius 2 is 1.60 bits per heavy atom. The van der Waals surface area contributed by atoms with Gasteiger partial charge < -0.3 is 12.4 Å². The molecule has 0 aromatic heterocycles. The van der Waals surface area contributed by atoms with E-state index in [0.29, 0.717) is 0 Å². The van der Waals surface area contributed by atoms with Crippen molar-refractivity contribution >= 4 is 0 Å². The van der Waals surface area contributed by atoms with Gasteiger partial charge in [-0.25, -0.2) is 0 Å². The Labute approximate surface area is 54.2 Å². The van der Waals surface area contributed by atoms with Gasteiger partial charge in [-0.3, -0.25) is 10.1 Å². The Hall–Kier alpha value is 0.573. The zero-order chi connectivity index (χ0) is 2.71. The van der Waals surface area contributed by atoms with E-state index in [4.69, 9.17) is 10.1 Å². The molecule has 0 saturated carbocycles. The molecule has 0 aliphatic heterocycles. The summed E-state index contributed by atoms with van der Waals surface area (Å²) in [5.74, 6) is 0. The SMILES string of the molecule is O=[NH+][O-].[Cl-].[Zr+4]. The van der Waals surface area contributed by atoms with Gasteiger partial charge >= 0.3 is 26.2 Å². The van der Waals surface area contributed by atoms with E-state index in [2.05, 4.69) is 0 Å². The predicted molar refractivity (Wildman–Crippen MR) is 7.70 cm³/mol. The summed E-state index contributed by atoms with van der Waals surface area (Å²) in [5.41, 5.74) is 0. The molecule has 0 unspecified atom stereocenters. The largest absolute Gasteiger partial charge is 4.00 e. The maximum absolute atomic E-state index is 8.12. The van der Waals surface area contributed by atoms with Gasteiger partial charge in [-0.05, 0) is 0 Å². The molecule has 0 radical (unpaired) electrons. The number of hydrogen-bond donors (Lipinski definition) is 1. The standard InChI is InChI=1S/ClH.HNO2.Zr/c;2-1-3;/h1H;1H;/q;;+4/p-1. The van der Waals surface area contributed by atoms with Crippen LogP contribution in [-0.2, 0) is 26.2 Å². The summed E-state index contributed by atoms with van der Waals surface area (Å²) in [7, 11) is 0. The van der Waals surface area contributed by atoms with Crippen LogP contribution in [-0.4, -0.2) is 0 Å². The molecule has 0 spiro atoms. The van der Waals surface area contributed by atoms with Crippen LogP contribution in [0.1, 0.15) is 0 Å².